The highest BCUT2D eigenvalue weighted by Crippen LogP contribution is 2.53. The Hall–Kier alpha value is -5.12. The summed E-state index contributed by atoms with van der Waals surface area (Å²) in [6.45, 7) is 0. The van der Waals surface area contributed by atoms with E-state index >= 15 is 0 Å². The Bertz CT molecular complexity index is 2610. The molecule has 224 valence electrons. The van der Waals surface area contributed by atoms with Crippen molar-refractivity contribution in [3.05, 3.63) is 144 Å². The van der Waals surface area contributed by atoms with E-state index in [1.54, 1.807) is 0 Å². The van der Waals surface area contributed by atoms with Crippen molar-refractivity contribution in [2.75, 3.05) is 0 Å². The Morgan fingerprint density at radius 3 is 2.66 bits per heavy atom. The molecular formula is C44H31NOS. The van der Waals surface area contributed by atoms with Gasteiger partial charge in [0.15, 0.2) is 0 Å². The molecule has 0 bridgehead atoms. The molecule has 1 aliphatic heterocycles. The van der Waals surface area contributed by atoms with Crippen LogP contribution in [0.5, 0.6) is 5.75 Å². The Labute approximate surface area is 277 Å². The van der Waals surface area contributed by atoms with Gasteiger partial charge in [-0.25, -0.2) is 0 Å². The second-order valence-electron chi connectivity index (χ2n) is 13.4. The molecule has 0 radical (unpaired) electrons. The zero-order valence-corrected chi connectivity index (χ0v) is 26.7. The lowest BCUT2D eigenvalue weighted by atomic mass is 9.80. The number of aromatic nitrogens is 1. The third-order valence-corrected chi connectivity index (χ3v) is 12.1. The monoisotopic (exact) mass is 621 g/mol. The molecule has 2 aromatic heterocycles. The van der Waals surface area contributed by atoms with Gasteiger partial charge in [-0.2, -0.15) is 0 Å². The summed E-state index contributed by atoms with van der Waals surface area (Å²) in [7, 11) is 0. The van der Waals surface area contributed by atoms with Crippen LogP contribution in [0.2, 0.25) is 0 Å². The molecule has 0 spiro atoms. The number of hydrogen-bond donors (Lipinski definition) is 0. The molecule has 11 rings (SSSR count). The minimum atomic E-state index is 0.324. The fourth-order valence-corrected chi connectivity index (χ4v) is 10.0. The van der Waals surface area contributed by atoms with Crippen LogP contribution in [-0.2, 0) is 0 Å². The van der Waals surface area contributed by atoms with E-state index in [-0.39, 0.29) is 0 Å². The first-order valence-corrected chi connectivity index (χ1v) is 17.7. The number of ether oxygens (including phenoxy) is 1. The molecule has 2 atom stereocenters. The summed E-state index contributed by atoms with van der Waals surface area (Å²) in [6, 6.07) is 22.9. The van der Waals surface area contributed by atoms with Crippen molar-refractivity contribution >= 4 is 70.5 Å². The molecule has 4 aromatic carbocycles. The first-order valence-electron chi connectivity index (χ1n) is 16.9. The van der Waals surface area contributed by atoms with Crippen LogP contribution in [0.15, 0.2) is 127 Å². The fourth-order valence-electron chi connectivity index (χ4n) is 8.77. The van der Waals surface area contributed by atoms with Crippen molar-refractivity contribution in [1.29, 1.82) is 0 Å². The average molecular weight is 622 g/mol. The maximum atomic E-state index is 6.91. The number of allylic oxidation sites excluding steroid dienone is 12. The van der Waals surface area contributed by atoms with Gasteiger partial charge in [0.2, 0.25) is 0 Å². The third kappa shape index (κ3) is 3.61. The molecule has 0 N–H and O–H groups in total. The number of hydrogen-bond acceptors (Lipinski definition) is 2. The second-order valence-corrected chi connectivity index (χ2v) is 14.4. The largest absolute Gasteiger partial charge is 0.456 e. The predicted molar refractivity (Wildman–Crippen MR) is 200 cm³/mol. The topological polar surface area (TPSA) is 14.2 Å². The van der Waals surface area contributed by atoms with E-state index in [0.717, 1.165) is 37.2 Å². The van der Waals surface area contributed by atoms with Gasteiger partial charge in [0.05, 0.1) is 5.52 Å². The Morgan fingerprint density at radius 2 is 1.70 bits per heavy atom. The highest BCUT2D eigenvalue weighted by Gasteiger charge is 2.33. The van der Waals surface area contributed by atoms with Gasteiger partial charge in [0, 0.05) is 65.5 Å². The lowest BCUT2D eigenvalue weighted by molar-refractivity contribution is 0.446. The van der Waals surface area contributed by atoms with Crippen LogP contribution in [0.1, 0.15) is 48.4 Å². The second kappa shape index (κ2) is 9.70. The standard InChI is InChI=1S/C44H31NOS/c1-2-12-28(13-3-1)45-37-25-34-31-16-8-9-17-38(31)46-39-22-21-33-41-29-14-6-4-10-26(29)19-23-40(41)47-44(33)42(39)36(34)24-35(37)32-20-18-27-11-5-7-15-30(27)43(32)45/h1-2,4-7,9-12,14-15,17-25,27,30H,3,8,13,16H2. The first-order chi connectivity index (χ1) is 23.3. The number of rotatable bonds is 1. The molecule has 4 aliphatic carbocycles. The zero-order chi connectivity index (χ0) is 30.6. The van der Waals surface area contributed by atoms with Crippen molar-refractivity contribution in [3.63, 3.8) is 0 Å². The molecule has 0 amide bonds. The van der Waals surface area contributed by atoms with E-state index in [2.05, 4.69) is 132 Å². The predicted octanol–water partition coefficient (Wildman–Crippen LogP) is 12.3. The van der Waals surface area contributed by atoms with Gasteiger partial charge < -0.3 is 9.30 Å². The molecule has 0 saturated heterocycles. The molecule has 47 heavy (non-hydrogen) atoms. The Morgan fingerprint density at radius 1 is 0.766 bits per heavy atom. The highest BCUT2D eigenvalue weighted by atomic mass is 32.1. The molecule has 6 aromatic rings. The Balaban J connectivity index is 1.28. The lowest BCUT2D eigenvalue weighted by Crippen LogP contribution is -2.17. The average Bonchev–Trinajstić information content (AvgIpc) is 3.63. The zero-order valence-electron chi connectivity index (χ0n) is 25.9. The van der Waals surface area contributed by atoms with Crippen LogP contribution < -0.4 is 4.74 Å². The molecule has 3 heteroatoms. The number of thiophene rings is 1. The maximum absolute atomic E-state index is 6.91. The summed E-state index contributed by atoms with van der Waals surface area (Å²) < 4.78 is 12.2. The molecular weight excluding hydrogens is 591 g/mol. The van der Waals surface area contributed by atoms with Gasteiger partial charge >= 0.3 is 0 Å². The first kappa shape index (κ1) is 26.0. The van der Waals surface area contributed by atoms with Gasteiger partial charge in [-0.15, -0.1) is 11.3 Å². The van der Waals surface area contributed by atoms with Gasteiger partial charge in [-0.1, -0.05) is 85.0 Å². The minimum absolute atomic E-state index is 0.324. The van der Waals surface area contributed by atoms with Gasteiger partial charge in [-0.05, 0) is 90.1 Å². The quantitative estimate of drug-likeness (QED) is 0.178. The summed E-state index contributed by atoms with van der Waals surface area (Å²) in [5, 5.41) is 6.59. The minimum Gasteiger partial charge on any atom is -0.456 e. The normalized spacial score (nSPS) is 20.6. The van der Waals surface area contributed by atoms with Crippen LogP contribution in [0.25, 0.3) is 70.3 Å². The summed E-state index contributed by atoms with van der Waals surface area (Å²) in [4.78, 5) is 0. The fraction of sp³-hybridized carbons (Fsp3) is 0.136. The molecule has 0 saturated carbocycles. The van der Waals surface area contributed by atoms with Gasteiger partial charge in [-0.3, -0.25) is 0 Å². The lowest BCUT2D eigenvalue weighted by Gasteiger charge is -2.28. The smallest absolute Gasteiger partial charge is 0.136 e. The number of nitrogens with zero attached hydrogens (tertiary/aromatic N) is 1. The van der Waals surface area contributed by atoms with Crippen LogP contribution in [-0.4, -0.2) is 4.57 Å². The molecule has 0 fully saturated rings. The summed E-state index contributed by atoms with van der Waals surface area (Å²) >= 11 is 1.91. The van der Waals surface area contributed by atoms with E-state index in [9.17, 15) is 0 Å². The van der Waals surface area contributed by atoms with Crippen LogP contribution >= 0.6 is 11.3 Å². The van der Waals surface area contributed by atoms with Crippen molar-refractivity contribution in [3.8, 4) is 16.9 Å². The Kier molecular flexibility index (Phi) is 5.37. The van der Waals surface area contributed by atoms with E-state index in [4.69, 9.17) is 4.74 Å². The van der Waals surface area contributed by atoms with Gasteiger partial charge in [0.1, 0.15) is 11.5 Å². The molecule has 2 nitrogen and oxygen atoms in total. The van der Waals surface area contributed by atoms with Gasteiger partial charge in [0.25, 0.3) is 0 Å². The molecule has 3 heterocycles. The SMILES string of the molecule is C1=CCCC(n2c3c(c4cc5c(cc42)C2=C(C=CCC2)Oc2ccc4c(sc6ccc7ccccc7c64)c2-5)C=CC2C=CC=CC32)=C1. The van der Waals surface area contributed by atoms with Crippen molar-refractivity contribution in [1.82, 2.24) is 4.57 Å². The van der Waals surface area contributed by atoms with E-state index in [0.29, 0.717) is 11.8 Å². The third-order valence-electron chi connectivity index (χ3n) is 10.9. The molecule has 5 aliphatic rings. The van der Waals surface area contributed by atoms with Crippen LogP contribution in [0.4, 0.5) is 0 Å². The van der Waals surface area contributed by atoms with E-state index < -0.39 is 0 Å². The highest BCUT2D eigenvalue weighted by molar-refractivity contribution is 7.26. The van der Waals surface area contributed by atoms with E-state index in [1.165, 1.54) is 81.1 Å². The summed E-state index contributed by atoms with van der Waals surface area (Å²) in [5.41, 5.74) is 10.6. The molecule has 2 unspecified atom stereocenters. The van der Waals surface area contributed by atoms with Crippen molar-refractivity contribution in [2.24, 2.45) is 5.92 Å². The summed E-state index contributed by atoms with van der Waals surface area (Å²) in [6.07, 6.45) is 29.5. The summed E-state index contributed by atoms with van der Waals surface area (Å²) in [5.74, 6) is 2.65. The van der Waals surface area contributed by atoms with Crippen LogP contribution in [0.3, 0.4) is 0 Å². The van der Waals surface area contributed by atoms with Crippen molar-refractivity contribution < 1.29 is 4.74 Å². The number of benzene rings is 4. The maximum Gasteiger partial charge on any atom is 0.136 e. The van der Waals surface area contributed by atoms with Crippen LogP contribution in [0, 0.1) is 5.92 Å². The van der Waals surface area contributed by atoms with Crippen molar-refractivity contribution in [2.45, 2.75) is 31.6 Å². The number of fused-ring (bicyclic) bond motifs is 15. The van der Waals surface area contributed by atoms with E-state index in [1.807, 2.05) is 11.3 Å².